The smallest absolute Gasteiger partial charge is 0.250 e. The van der Waals surface area contributed by atoms with Crippen LogP contribution in [-0.2, 0) is 16.1 Å². The van der Waals surface area contributed by atoms with E-state index in [-0.39, 0.29) is 36.1 Å². The zero-order valence-electron chi connectivity index (χ0n) is 16.6. The molecule has 6 nitrogen and oxygen atoms in total. The molecule has 2 fully saturated rings. The van der Waals surface area contributed by atoms with Crippen LogP contribution < -0.4 is 10.9 Å². The lowest BCUT2D eigenvalue weighted by atomic mass is 9.83. The minimum Gasteiger partial charge on any atom is -0.356 e. The Hall–Kier alpha value is -2.11. The number of hydrogen-bond acceptors (Lipinski definition) is 3. The van der Waals surface area contributed by atoms with E-state index in [0.29, 0.717) is 31.5 Å². The number of hydrogen-bond donors (Lipinski definition) is 1. The molecule has 1 N–H and O–H groups in total. The summed E-state index contributed by atoms with van der Waals surface area (Å²) in [7, 11) is 0. The highest BCUT2D eigenvalue weighted by Crippen LogP contribution is 2.35. The molecule has 1 aliphatic carbocycles. The van der Waals surface area contributed by atoms with Gasteiger partial charge in [-0.05, 0) is 37.2 Å². The molecule has 2 aliphatic heterocycles. The second kappa shape index (κ2) is 8.50. The number of nitrogens with zero attached hydrogens (tertiary/aromatic N) is 2. The number of fused-ring (bicyclic) bond motifs is 4. The lowest BCUT2D eigenvalue weighted by Crippen LogP contribution is -2.49. The summed E-state index contributed by atoms with van der Waals surface area (Å²) in [5, 5.41) is 3.02. The number of carbonyl (C=O) groups excluding carboxylic acids is 2. The molecule has 3 heterocycles. The molecular formula is C22H31N3O3. The molecule has 0 spiro atoms. The molecular weight excluding hydrogens is 354 g/mol. The maximum atomic E-state index is 12.7. The third kappa shape index (κ3) is 4.31. The van der Waals surface area contributed by atoms with Crippen molar-refractivity contribution in [2.45, 2.75) is 63.8 Å². The Morgan fingerprint density at radius 1 is 1.04 bits per heavy atom. The van der Waals surface area contributed by atoms with Gasteiger partial charge >= 0.3 is 0 Å². The zero-order valence-corrected chi connectivity index (χ0v) is 16.6. The second-order valence-electron chi connectivity index (χ2n) is 8.80. The molecule has 6 heteroatoms. The highest BCUT2D eigenvalue weighted by molar-refractivity contribution is 5.83. The van der Waals surface area contributed by atoms with Crippen LogP contribution in [0.1, 0.15) is 63.0 Å². The summed E-state index contributed by atoms with van der Waals surface area (Å²) in [5.74, 6) is 1.22. The monoisotopic (exact) mass is 385 g/mol. The first-order chi connectivity index (χ1) is 13.6. The first-order valence-electron chi connectivity index (χ1n) is 10.8. The number of aromatic nitrogens is 1. The van der Waals surface area contributed by atoms with E-state index in [1.807, 2.05) is 21.6 Å². The molecule has 1 aromatic rings. The Bertz CT molecular complexity index is 781. The van der Waals surface area contributed by atoms with E-state index in [4.69, 9.17) is 0 Å². The maximum Gasteiger partial charge on any atom is 0.250 e. The third-order valence-corrected chi connectivity index (χ3v) is 6.71. The van der Waals surface area contributed by atoms with Gasteiger partial charge in [0, 0.05) is 56.7 Å². The third-order valence-electron chi connectivity index (χ3n) is 6.71. The summed E-state index contributed by atoms with van der Waals surface area (Å²) in [6.07, 6.45) is 7.85. The van der Waals surface area contributed by atoms with Crippen molar-refractivity contribution in [1.29, 1.82) is 0 Å². The summed E-state index contributed by atoms with van der Waals surface area (Å²) in [6, 6.07) is 5.43. The molecule has 2 bridgehead atoms. The van der Waals surface area contributed by atoms with Gasteiger partial charge in [0.15, 0.2) is 0 Å². The number of nitrogens with one attached hydrogen (secondary N) is 1. The maximum absolute atomic E-state index is 12.7. The second-order valence-corrected chi connectivity index (χ2v) is 8.80. The summed E-state index contributed by atoms with van der Waals surface area (Å²) in [5.41, 5.74) is 1.10. The fraction of sp³-hybridized carbons (Fsp3) is 0.682. The van der Waals surface area contributed by atoms with Crippen molar-refractivity contribution in [2.75, 3.05) is 19.6 Å². The zero-order chi connectivity index (χ0) is 19.5. The average molecular weight is 386 g/mol. The highest BCUT2D eigenvalue weighted by Gasteiger charge is 2.36. The van der Waals surface area contributed by atoms with E-state index in [1.54, 1.807) is 6.07 Å². The summed E-state index contributed by atoms with van der Waals surface area (Å²) >= 11 is 0. The summed E-state index contributed by atoms with van der Waals surface area (Å²) < 4.78 is 1.87. The van der Waals surface area contributed by atoms with Gasteiger partial charge in [0.05, 0.1) is 0 Å². The number of rotatable bonds is 5. The molecule has 2 amide bonds. The van der Waals surface area contributed by atoms with E-state index in [0.717, 1.165) is 18.7 Å². The predicted octanol–water partition coefficient (Wildman–Crippen LogP) is 2.27. The largest absolute Gasteiger partial charge is 0.356 e. The minimum absolute atomic E-state index is 0.00646. The van der Waals surface area contributed by atoms with Crippen molar-refractivity contribution in [3.05, 3.63) is 34.2 Å². The van der Waals surface area contributed by atoms with Crippen molar-refractivity contribution in [1.82, 2.24) is 14.8 Å². The molecule has 152 valence electrons. The van der Waals surface area contributed by atoms with Crippen molar-refractivity contribution >= 4 is 11.8 Å². The quantitative estimate of drug-likeness (QED) is 0.845. The number of amides is 2. The van der Waals surface area contributed by atoms with Gasteiger partial charge in [-0.3, -0.25) is 14.4 Å². The molecule has 3 aliphatic rings. The SMILES string of the molecule is O=C(CCC(=O)N1C[C@H]2C[C@@H](C1)c1cccc(=O)n1C2)NCC1CCCCC1. The van der Waals surface area contributed by atoms with Crippen LogP contribution >= 0.6 is 0 Å². The fourth-order valence-electron chi connectivity index (χ4n) is 5.22. The van der Waals surface area contributed by atoms with Gasteiger partial charge in [-0.2, -0.15) is 0 Å². The Labute approximate surface area is 166 Å². The van der Waals surface area contributed by atoms with E-state index < -0.39 is 0 Å². The topological polar surface area (TPSA) is 71.4 Å². The van der Waals surface area contributed by atoms with E-state index in [2.05, 4.69) is 5.32 Å². The van der Waals surface area contributed by atoms with Crippen LogP contribution in [0.2, 0.25) is 0 Å². The van der Waals surface area contributed by atoms with Crippen LogP contribution in [-0.4, -0.2) is 40.9 Å². The Morgan fingerprint density at radius 2 is 1.86 bits per heavy atom. The Balaban J connectivity index is 1.27. The van der Waals surface area contributed by atoms with Crippen LogP contribution in [0.4, 0.5) is 0 Å². The first kappa shape index (κ1) is 19.2. The lowest BCUT2D eigenvalue weighted by Gasteiger charge is -2.42. The van der Waals surface area contributed by atoms with Crippen molar-refractivity contribution in [2.24, 2.45) is 11.8 Å². The summed E-state index contributed by atoms with van der Waals surface area (Å²) in [6.45, 7) is 2.80. The van der Waals surface area contributed by atoms with Gasteiger partial charge in [0.25, 0.3) is 5.56 Å². The fourth-order valence-corrected chi connectivity index (χ4v) is 5.22. The van der Waals surface area contributed by atoms with E-state index in [9.17, 15) is 14.4 Å². The van der Waals surface area contributed by atoms with E-state index in [1.165, 1.54) is 32.1 Å². The van der Waals surface area contributed by atoms with Crippen molar-refractivity contribution in [3.8, 4) is 0 Å². The predicted molar refractivity (Wildman–Crippen MR) is 107 cm³/mol. The average Bonchev–Trinajstić information content (AvgIpc) is 2.72. The van der Waals surface area contributed by atoms with Crippen molar-refractivity contribution < 1.29 is 9.59 Å². The van der Waals surface area contributed by atoms with E-state index >= 15 is 0 Å². The van der Waals surface area contributed by atoms with Gasteiger partial charge in [-0.15, -0.1) is 0 Å². The van der Waals surface area contributed by atoms with Crippen molar-refractivity contribution in [3.63, 3.8) is 0 Å². The molecule has 0 aromatic carbocycles. The molecule has 4 rings (SSSR count). The van der Waals surface area contributed by atoms with Crippen LogP contribution in [0.3, 0.4) is 0 Å². The molecule has 0 radical (unpaired) electrons. The van der Waals surface area contributed by atoms with Crippen LogP contribution in [0.15, 0.2) is 23.0 Å². The number of likely N-dealkylation sites (tertiary alicyclic amines) is 1. The normalized spacial score (nSPS) is 24.5. The lowest BCUT2D eigenvalue weighted by molar-refractivity contribution is -0.136. The highest BCUT2D eigenvalue weighted by atomic mass is 16.2. The number of pyridine rings is 1. The van der Waals surface area contributed by atoms with Crippen LogP contribution in [0, 0.1) is 11.8 Å². The minimum atomic E-state index is -0.00646. The molecule has 2 atom stereocenters. The molecule has 28 heavy (non-hydrogen) atoms. The molecule has 1 saturated carbocycles. The first-order valence-corrected chi connectivity index (χ1v) is 10.8. The Morgan fingerprint density at radius 3 is 2.68 bits per heavy atom. The molecule has 1 saturated heterocycles. The molecule has 1 aromatic heterocycles. The summed E-state index contributed by atoms with van der Waals surface area (Å²) in [4.78, 5) is 38.9. The standard InChI is InChI=1S/C22H31N3O3/c26-20(23-12-16-5-2-1-3-6-16)9-10-21(27)24-13-17-11-18(15-24)19-7-4-8-22(28)25(19)14-17/h4,7-8,16-18H,1-3,5-6,9-15H2,(H,23,26)/t17-,18+/m1/s1. The number of carbonyl (C=O) groups is 2. The van der Waals surface area contributed by atoms with Gasteiger partial charge in [0.2, 0.25) is 11.8 Å². The molecule has 0 unspecified atom stereocenters. The van der Waals surface area contributed by atoms with Crippen LogP contribution in [0.5, 0.6) is 0 Å². The van der Waals surface area contributed by atoms with Gasteiger partial charge in [0.1, 0.15) is 0 Å². The van der Waals surface area contributed by atoms with Gasteiger partial charge < -0.3 is 14.8 Å². The van der Waals surface area contributed by atoms with Gasteiger partial charge in [-0.25, -0.2) is 0 Å². The number of piperidine rings is 1. The van der Waals surface area contributed by atoms with Gasteiger partial charge in [-0.1, -0.05) is 25.3 Å². The Kier molecular flexibility index (Phi) is 5.83. The van der Waals surface area contributed by atoms with Crippen LogP contribution in [0.25, 0.3) is 0 Å².